The molecular weight excluding hydrogens is 378 g/mol. The van der Waals surface area contributed by atoms with Crippen molar-refractivity contribution in [3.63, 3.8) is 0 Å². The summed E-state index contributed by atoms with van der Waals surface area (Å²) in [6.45, 7) is 7.58. The van der Waals surface area contributed by atoms with Crippen LogP contribution in [0.2, 0.25) is 0 Å². The highest BCUT2D eigenvalue weighted by Crippen LogP contribution is 2.40. The van der Waals surface area contributed by atoms with Gasteiger partial charge in [0, 0.05) is 43.2 Å². The van der Waals surface area contributed by atoms with Crippen LogP contribution in [-0.4, -0.2) is 68.2 Å². The number of methoxy groups -OCH3 is 3. The first-order valence-electron chi connectivity index (χ1n) is 9.22. The van der Waals surface area contributed by atoms with Crippen molar-refractivity contribution in [2.45, 2.75) is 20.4 Å². The molecular formula is C20H27N3O4S. The molecule has 7 nitrogen and oxygen atoms in total. The number of carbonyl (C=O) groups is 1. The molecule has 1 aromatic heterocycles. The summed E-state index contributed by atoms with van der Waals surface area (Å²) in [7, 11) is 4.85. The lowest BCUT2D eigenvalue weighted by molar-refractivity contribution is 0.0621. The molecule has 152 valence electrons. The van der Waals surface area contributed by atoms with Crippen molar-refractivity contribution in [3.8, 4) is 17.2 Å². The van der Waals surface area contributed by atoms with Crippen molar-refractivity contribution in [1.82, 2.24) is 14.8 Å². The molecule has 28 heavy (non-hydrogen) atoms. The van der Waals surface area contributed by atoms with E-state index in [1.807, 2.05) is 30.9 Å². The maximum absolute atomic E-state index is 12.8. The normalized spacial score (nSPS) is 14.8. The third-order valence-corrected chi connectivity index (χ3v) is 5.83. The molecule has 1 saturated heterocycles. The molecule has 1 aromatic carbocycles. The highest BCUT2D eigenvalue weighted by Gasteiger charge is 2.26. The van der Waals surface area contributed by atoms with Gasteiger partial charge in [-0.1, -0.05) is 6.07 Å². The Morgan fingerprint density at radius 3 is 2.25 bits per heavy atom. The molecule has 1 aliphatic heterocycles. The van der Waals surface area contributed by atoms with E-state index in [0.29, 0.717) is 36.0 Å². The van der Waals surface area contributed by atoms with Gasteiger partial charge in [-0.15, -0.1) is 11.3 Å². The average molecular weight is 406 g/mol. The van der Waals surface area contributed by atoms with Crippen molar-refractivity contribution in [2.24, 2.45) is 0 Å². The van der Waals surface area contributed by atoms with E-state index in [1.165, 1.54) is 0 Å². The molecule has 0 radical (unpaired) electrons. The lowest BCUT2D eigenvalue weighted by Gasteiger charge is -2.34. The Morgan fingerprint density at radius 1 is 1.04 bits per heavy atom. The van der Waals surface area contributed by atoms with Crippen molar-refractivity contribution < 1.29 is 19.0 Å². The van der Waals surface area contributed by atoms with E-state index in [9.17, 15) is 4.79 Å². The maximum Gasteiger partial charge on any atom is 0.273 e. The van der Waals surface area contributed by atoms with Crippen LogP contribution in [0.5, 0.6) is 17.2 Å². The molecule has 0 spiro atoms. The van der Waals surface area contributed by atoms with Gasteiger partial charge in [0.05, 0.1) is 26.3 Å². The summed E-state index contributed by atoms with van der Waals surface area (Å²) in [4.78, 5) is 22.3. The number of aryl methyl sites for hydroxylation is 2. The van der Waals surface area contributed by atoms with Crippen molar-refractivity contribution in [2.75, 3.05) is 47.5 Å². The molecule has 0 aliphatic carbocycles. The number of benzene rings is 1. The number of rotatable bonds is 6. The summed E-state index contributed by atoms with van der Waals surface area (Å²) in [6, 6.07) is 3.89. The summed E-state index contributed by atoms with van der Waals surface area (Å²) >= 11 is 1.57. The summed E-state index contributed by atoms with van der Waals surface area (Å²) in [6.07, 6.45) is 0. The van der Waals surface area contributed by atoms with Gasteiger partial charge in [-0.2, -0.15) is 0 Å². The smallest absolute Gasteiger partial charge is 0.273 e. The topological polar surface area (TPSA) is 64.1 Å². The number of piperazine rings is 1. The van der Waals surface area contributed by atoms with E-state index in [1.54, 1.807) is 32.7 Å². The van der Waals surface area contributed by atoms with Gasteiger partial charge < -0.3 is 19.1 Å². The minimum atomic E-state index is 0.0326. The zero-order chi connectivity index (χ0) is 20.3. The standard InChI is InChI=1S/C20H27N3O4S/c1-13-17(21-14(2)28-13)20(24)23-10-8-22(9-11-23)12-15-6-7-16(25-3)19(27-5)18(15)26-4/h6-7H,8-12H2,1-5H3. The van der Waals surface area contributed by atoms with E-state index in [4.69, 9.17) is 14.2 Å². The van der Waals surface area contributed by atoms with Crippen LogP contribution in [0.4, 0.5) is 0 Å². The minimum absolute atomic E-state index is 0.0326. The summed E-state index contributed by atoms with van der Waals surface area (Å²) < 4.78 is 16.4. The van der Waals surface area contributed by atoms with Crippen LogP contribution in [-0.2, 0) is 6.54 Å². The zero-order valence-corrected chi connectivity index (χ0v) is 17.9. The van der Waals surface area contributed by atoms with Gasteiger partial charge in [0.2, 0.25) is 5.75 Å². The highest BCUT2D eigenvalue weighted by molar-refractivity contribution is 7.11. The lowest BCUT2D eigenvalue weighted by Crippen LogP contribution is -2.48. The quantitative estimate of drug-likeness (QED) is 0.736. The zero-order valence-electron chi connectivity index (χ0n) is 17.1. The number of nitrogens with zero attached hydrogens (tertiary/aromatic N) is 3. The predicted octanol–water partition coefficient (Wildman–Crippen LogP) is 2.74. The fourth-order valence-electron chi connectivity index (χ4n) is 3.51. The molecule has 0 saturated carbocycles. The van der Waals surface area contributed by atoms with E-state index < -0.39 is 0 Å². The Labute approximate surface area is 169 Å². The fourth-order valence-corrected chi connectivity index (χ4v) is 4.32. The minimum Gasteiger partial charge on any atom is -0.493 e. The maximum atomic E-state index is 12.8. The molecule has 3 rings (SSSR count). The van der Waals surface area contributed by atoms with E-state index in [-0.39, 0.29) is 5.91 Å². The predicted molar refractivity (Wildman–Crippen MR) is 109 cm³/mol. The first-order valence-corrected chi connectivity index (χ1v) is 10.0. The summed E-state index contributed by atoms with van der Waals surface area (Å²) in [5.74, 6) is 1.97. The monoisotopic (exact) mass is 405 g/mol. The van der Waals surface area contributed by atoms with E-state index in [2.05, 4.69) is 9.88 Å². The average Bonchev–Trinajstić information content (AvgIpc) is 3.05. The van der Waals surface area contributed by atoms with Crippen LogP contribution in [0.15, 0.2) is 12.1 Å². The molecule has 0 unspecified atom stereocenters. The number of thiazole rings is 1. The van der Waals surface area contributed by atoms with Gasteiger partial charge in [-0.3, -0.25) is 9.69 Å². The molecule has 1 fully saturated rings. The van der Waals surface area contributed by atoms with Gasteiger partial charge >= 0.3 is 0 Å². The molecule has 2 heterocycles. The first-order chi connectivity index (χ1) is 13.5. The molecule has 8 heteroatoms. The first kappa shape index (κ1) is 20.4. The third-order valence-electron chi connectivity index (χ3n) is 4.95. The number of hydrogen-bond donors (Lipinski definition) is 0. The number of aromatic nitrogens is 1. The van der Waals surface area contributed by atoms with Crippen LogP contribution in [0.25, 0.3) is 0 Å². The second kappa shape index (κ2) is 8.79. The molecule has 0 atom stereocenters. The van der Waals surface area contributed by atoms with Crippen molar-refractivity contribution in [3.05, 3.63) is 33.3 Å². The summed E-state index contributed by atoms with van der Waals surface area (Å²) in [5.41, 5.74) is 1.63. The highest BCUT2D eigenvalue weighted by atomic mass is 32.1. The van der Waals surface area contributed by atoms with Gasteiger partial charge in [0.15, 0.2) is 11.5 Å². The van der Waals surface area contributed by atoms with Crippen LogP contribution in [0.1, 0.15) is 25.9 Å². The Kier molecular flexibility index (Phi) is 6.41. The Morgan fingerprint density at radius 2 is 1.71 bits per heavy atom. The second-order valence-electron chi connectivity index (χ2n) is 6.70. The van der Waals surface area contributed by atoms with Gasteiger partial charge in [0.25, 0.3) is 5.91 Å². The molecule has 1 amide bonds. The van der Waals surface area contributed by atoms with Crippen LogP contribution >= 0.6 is 11.3 Å². The van der Waals surface area contributed by atoms with Crippen LogP contribution in [0, 0.1) is 13.8 Å². The van der Waals surface area contributed by atoms with E-state index in [0.717, 1.165) is 35.1 Å². The van der Waals surface area contributed by atoms with Crippen LogP contribution < -0.4 is 14.2 Å². The number of amides is 1. The van der Waals surface area contributed by atoms with Crippen LogP contribution in [0.3, 0.4) is 0 Å². The van der Waals surface area contributed by atoms with Crippen molar-refractivity contribution >= 4 is 17.2 Å². The van der Waals surface area contributed by atoms with Crippen molar-refractivity contribution in [1.29, 1.82) is 0 Å². The van der Waals surface area contributed by atoms with Gasteiger partial charge in [-0.25, -0.2) is 4.98 Å². The van der Waals surface area contributed by atoms with Gasteiger partial charge in [0.1, 0.15) is 5.69 Å². The number of carbonyl (C=O) groups excluding carboxylic acids is 1. The summed E-state index contributed by atoms with van der Waals surface area (Å²) in [5, 5.41) is 0.931. The van der Waals surface area contributed by atoms with Gasteiger partial charge in [-0.05, 0) is 19.9 Å². The molecule has 0 bridgehead atoms. The lowest BCUT2D eigenvalue weighted by atomic mass is 10.1. The second-order valence-corrected chi connectivity index (χ2v) is 8.11. The molecule has 2 aromatic rings. The van der Waals surface area contributed by atoms with E-state index >= 15 is 0 Å². The Bertz CT molecular complexity index is 844. The number of hydrogen-bond acceptors (Lipinski definition) is 7. The third kappa shape index (κ3) is 4.07. The molecule has 0 N–H and O–H groups in total. The molecule has 1 aliphatic rings. The fraction of sp³-hybridized carbons (Fsp3) is 0.500. The largest absolute Gasteiger partial charge is 0.493 e. The SMILES string of the molecule is COc1ccc(CN2CCN(C(=O)c3nc(C)sc3C)CC2)c(OC)c1OC. The number of ether oxygens (including phenoxy) is 3. The Balaban J connectivity index is 1.66. The Hall–Kier alpha value is -2.32.